The van der Waals surface area contributed by atoms with Gasteiger partial charge in [-0.3, -0.25) is 14.9 Å². The maximum Gasteiger partial charge on any atom is 0.321 e. The van der Waals surface area contributed by atoms with Crippen molar-refractivity contribution >= 4 is 29.2 Å². The van der Waals surface area contributed by atoms with Gasteiger partial charge in [0.15, 0.2) is 6.61 Å². The lowest BCUT2D eigenvalue weighted by Crippen LogP contribution is -2.41. The maximum atomic E-state index is 11.5. The molecule has 0 saturated carbocycles. The summed E-state index contributed by atoms with van der Waals surface area (Å²) < 4.78 is 9.81. The molecule has 22 heavy (non-hydrogen) atoms. The van der Waals surface area contributed by atoms with Crippen LogP contribution in [0.15, 0.2) is 39.6 Å². The Bertz CT molecular complexity index is 622. The fraction of sp³-hybridized carbons (Fsp3) is 0.214. The fourth-order valence-corrected chi connectivity index (χ4v) is 2.21. The van der Waals surface area contributed by atoms with Crippen LogP contribution < -0.4 is 10.6 Å². The van der Waals surface area contributed by atoms with Gasteiger partial charge in [-0.15, -0.1) is 0 Å². The largest absolute Gasteiger partial charge is 0.467 e. The predicted octanol–water partition coefficient (Wildman–Crippen LogP) is 1.45. The first kappa shape index (κ1) is 15.8. The predicted molar refractivity (Wildman–Crippen MR) is 78.1 cm³/mol. The third-order valence-electron chi connectivity index (χ3n) is 2.55. The summed E-state index contributed by atoms with van der Waals surface area (Å²) in [5.74, 6) is -0.662. The van der Waals surface area contributed by atoms with E-state index in [2.05, 4.69) is 10.6 Å². The van der Waals surface area contributed by atoms with E-state index in [0.717, 1.165) is 5.56 Å². The monoisotopic (exact) mass is 322 g/mol. The smallest absolute Gasteiger partial charge is 0.321 e. The Balaban J connectivity index is 1.62. The quantitative estimate of drug-likeness (QED) is 0.785. The molecule has 8 heteroatoms. The molecule has 2 N–H and O–H groups in total. The summed E-state index contributed by atoms with van der Waals surface area (Å²) in [6.07, 6.45) is 1.58. The van der Waals surface area contributed by atoms with Crippen molar-refractivity contribution in [3.05, 3.63) is 46.5 Å². The molecule has 3 amide bonds. The van der Waals surface area contributed by atoms with Gasteiger partial charge in [-0.25, -0.2) is 4.79 Å². The molecule has 0 atom stereocenters. The highest BCUT2D eigenvalue weighted by Crippen LogP contribution is 2.07. The van der Waals surface area contributed by atoms with Crippen LogP contribution in [0, 0.1) is 0 Å². The second-order valence-corrected chi connectivity index (χ2v) is 5.06. The molecule has 0 aliphatic heterocycles. The average Bonchev–Trinajstić information content (AvgIpc) is 3.16. The zero-order valence-corrected chi connectivity index (χ0v) is 12.4. The number of amides is 3. The Morgan fingerprint density at radius 1 is 1.27 bits per heavy atom. The minimum absolute atomic E-state index is 0.0987. The van der Waals surface area contributed by atoms with Crippen LogP contribution in [-0.4, -0.2) is 24.5 Å². The van der Waals surface area contributed by atoms with Crippen LogP contribution in [0.5, 0.6) is 0 Å². The van der Waals surface area contributed by atoms with Gasteiger partial charge in [-0.2, -0.15) is 11.3 Å². The van der Waals surface area contributed by atoms with Gasteiger partial charge < -0.3 is 14.5 Å². The van der Waals surface area contributed by atoms with Crippen LogP contribution in [0.25, 0.3) is 0 Å². The lowest BCUT2D eigenvalue weighted by atomic mass is 10.2. The molecule has 0 saturated heterocycles. The van der Waals surface area contributed by atoms with Crippen molar-refractivity contribution in [1.29, 1.82) is 0 Å². The molecule has 0 aromatic carbocycles. The van der Waals surface area contributed by atoms with Crippen molar-refractivity contribution in [1.82, 2.24) is 10.6 Å². The van der Waals surface area contributed by atoms with E-state index in [1.54, 1.807) is 18.2 Å². The average molecular weight is 322 g/mol. The zero-order chi connectivity index (χ0) is 15.8. The zero-order valence-electron chi connectivity index (χ0n) is 11.5. The van der Waals surface area contributed by atoms with Gasteiger partial charge in [0, 0.05) is 0 Å². The fourth-order valence-electron chi connectivity index (χ4n) is 1.54. The van der Waals surface area contributed by atoms with Gasteiger partial charge in [-0.1, -0.05) is 0 Å². The number of esters is 1. The number of furan rings is 1. The summed E-state index contributed by atoms with van der Waals surface area (Å²) in [5, 5.41) is 8.16. The Hall–Kier alpha value is -2.61. The van der Waals surface area contributed by atoms with Gasteiger partial charge >= 0.3 is 12.0 Å². The van der Waals surface area contributed by atoms with Crippen molar-refractivity contribution in [2.75, 3.05) is 6.61 Å². The van der Waals surface area contributed by atoms with E-state index in [1.807, 2.05) is 10.8 Å². The standard InChI is InChI=1S/C14H14N2O5S/c17-12(8-21-13(18)6-10-3-5-22-9-10)16-14(19)15-7-11-2-1-4-20-11/h1-5,9H,6-8H2,(H2,15,16,17,19). The molecule has 0 spiro atoms. The molecular weight excluding hydrogens is 308 g/mol. The number of hydrogen-bond donors (Lipinski definition) is 2. The summed E-state index contributed by atoms with van der Waals surface area (Å²) in [7, 11) is 0. The topological polar surface area (TPSA) is 97.6 Å². The number of rotatable bonds is 6. The summed E-state index contributed by atoms with van der Waals surface area (Å²) in [5.41, 5.74) is 0.826. The van der Waals surface area contributed by atoms with E-state index >= 15 is 0 Å². The number of urea groups is 1. The molecule has 0 bridgehead atoms. The van der Waals surface area contributed by atoms with E-state index in [0.29, 0.717) is 5.76 Å². The number of ether oxygens (including phenoxy) is 1. The molecule has 0 aliphatic carbocycles. The number of thiophene rings is 1. The third-order valence-corrected chi connectivity index (χ3v) is 3.28. The highest BCUT2D eigenvalue weighted by molar-refractivity contribution is 7.07. The molecule has 2 aromatic rings. The molecule has 116 valence electrons. The van der Waals surface area contributed by atoms with E-state index in [-0.39, 0.29) is 13.0 Å². The highest BCUT2D eigenvalue weighted by atomic mass is 32.1. The Kier molecular flexibility index (Phi) is 5.73. The Labute approximate surface area is 130 Å². The van der Waals surface area contributed by atoms with Gasteiger partial charge in [0.25, 0.3) is 5.91 Å². The first-order valence-corrected chi connectivity index (χ1v) is 7.34. The van der Waals surface area contributed by atoms with Gasteiger partial charge in [0.2, 0.25) is 0 Å². The van der Waals surface area contributed by atoms with Crippen molar-refractivity contribution in [2.45, 2.75) is 13.0 Å². The Morgan fingerprint density at radius 2 is 2.14 bits per heavy atom. The molecule has 2 rings (SSSR count). The van der Waals surface area contributed by atoms with E-state index < -0.39 is 24.5 Å². The number of carbonyl (C=O) groups excluding carboxylic acids is 3. The van der Waals surface area contributed by atoms with Crippen LogP contribution >= 0.6 is 11.3 Å². The normalized spacial score (nSPS) is 10.0. The minimum Gasteiger partial charge on any atom is -0.467 e. The van der Waals surface area contributed by atoms with Crippen molar-refractivity contribution in [3.63, 3.8) is 0 Å². The third kappa shape index (κ3) is 5.41. The SMILES string of the molecule is O=C(COC(=O)Cc1ccsc1)NC(=O)NCc1ccco1. The van der Waals surface area contributed by atoms with Crippen molar-refractivity contribution < 1.29 is 23.5 Å². The molecule has 2 aromatic heterocycles. The van der Waals surface area contributed by atoms with Crippen molar-refractivity contribution in [3.8, 4) is 0 Å². The molecule has 2 heterocycles. The number of imide groups is 1. The van der Waals surface area contributed by atoms with Crippen LogP contribution in [0.1, 0.15) is 11.3 Å². The van der Waals surface area contributed by atoms with Gasteiger partial charge in [0.1, 0.15) is 5.76 Å². The minimum atomic E-state index is -0.699. The summed E-state index contributed by atoms with van der Waals surface area (Å²) in [4.78, 5) is 34.3. The lowest BCUT2D eigenvalue weighted by Gasteiger charge is -2.06. The van der Waals surface area contributed by atoms with Crippen LogP contribution in [0.3, 0.4) is 0 Å². The van der Waals surface area contributed by atoms with E-state index in [9.17, 15) is 14.4 Å². The van der Waals surface area contributed by atoms with Crippen LogP contribution in [0.4, 0.5) is 4.79 Å². The van der Waals surface area contributed by atoms with Crippen molar-refractivity contribution in [2.24, 2.45) is 0 Å². The first-order chi connectivity index (χ1) is 10.6. The summed E-state index contributed by atoms with van der Waals surface area (Å²) in [6.45, 7) is -0.346. The maximum absolute atomic E-state index is 11.5. The molecular formula is C14H14N2O5S. The van der Waals surface area contributed by atoms with Gasteiger partial charge in [0.05, 0.1) is 19.2 Å². The second-order valence-electron chi connectivity index (χ2n) is 4.28. The Morgan fingerprint density at radius 3 is 2.82 bits per heavy atom. The summed E-state index contributed by atoms with van der Waals surface area (Å²) in [6, 6.07) is 4.49. The molecule has 0 unspecified atom stereocenters. The number of carbonyl (C=O) groups is 3. The van der Waals surface area contributed by atoms with Gasteiger partial charge in [-0.05, 0) is 34.5 Å². The lowest BCUT2D eigenvalue weighted by molar-refractivity contribution is -0.147. The molecule has 0 fully saturated rings. The van der Waals surface area contributed by atoms with Crippen LogP contribution in [-0.2, 0) is 27.3 Å². The molecule has 0 radical (unpaired) electrons. The van der Waals surface area contributed by atoms with Crippen LogP contribution in [0.2, 0.25) is 0 Å². The number of hydrogen-bond acceptors (Lipinski definition) is 6. The van der Waals surface area contributed by atoms with E-state index in [4.69, 9.17) is 9.15 Å². The van der Waals surface area contributed by atoms with E-state index in [1.165, 1.54) is 17.6 Å². The number of nitrogens with one attached hydrogen (secondary N) is 2. The first-order valence-electron chi connectivity index (χ1n) is 6.40. The highest BCUT2D eigenvalue weighted by Gasteiger charge is 2.11. The second kappa shape index (κ2) is 7.99. The molecule has 7 nitrogen and oxygen atoms in total. The molecule has 0 aliphatic rings. The summed E-state index contributed by atoms with van der Waals surface area (Å²) >= 11 is 1.47.